The number of carbonyl (C=O) groups is 5. The normalized spacial score (nSPS) is 16.8. The van der Waals surface area contributed by atoms with Crippen LogP contribution in [0.4, 0.5) is 0 Å². The Bertz CT molecular complexity index is 2200. The van der Waals surface area contributed by atoms with Gasteiger partial charge in [0.15, 0.2) is 0 Å². The number of aliphatic carboxylic acids is 1. The van der Waals surface area contributed by atoms with E-state index in [1.807, 2.05) is 12.1 Å². The second-order valence-corrected chi connectivity index (χ2v) is 15.7. The van der Waals surface area contributed by atoms with Crippen LogP contribution in [0.3, 0.4) is 0 Å². The zero-order valence-corrected chi connectivity index (χ0v) is 36.4. The summed E-state index contributed by atoms with van der Waals surface area (Å²) in [4.78, 5) is 70.2. The van der Waals surface area contributed by atoms with Crippen LogP contribution >= 0.6 is 0 Å². The third kappa shape index (κ3) is 12.7. The van der Waals surface area contributed by atoms with Gasteiger partial charge < -0.3 is 52.6 Å². The molecule has 4 bridgehead atoms. The van der Waals surface area contributed by atoms with Gasteiger partial charge in [-0.15, -0.1) is 0 Å². The molecule has 4 atom stereocenters. The molecule has 4 aromatic rings. The lowest BCUT2D eigenvalue weighted by molar-refractivity contribution is -0.143. The molecule has 4 amide bonds. The lowest BCUT2D eigenvalue weighted by Crippen LogP contribution is -2.54. The van der Waals surface area contributed by atoms with Gasteiger partial charge in [-0.25, -0.2) is 4.79 Å². The predicted octanol–water partition coefficient (Wildman–Crippen LogP) is 4.10. The number of aryl methyl sites for hydroxylation is 1. The fourth-order valence-electron chi connectivity index (χ4n) is 7.50. The summed E-state index contributed by atoms with van der Waals surface area (Å²) in [5.74, 6) is -3.00. The number of nitrogens with zero attached hydrogens (tertiary/aromatic N) is 1. The Morgan fingerprint density at radius 2 is 1.41 bits per heavy atom. The van der Waals surface area contributed by atoms with E-state index in [1.165, 1.54) is 24.4 Å². The third-order valence-electron chi connectivity index (χ3n) is 11.0. The quantitative estimate of drug-likeness (QED) is 0.0663. The fourth-order valence-corrected chi connectivity index (χ4v) is 7.50. The molecule has 0 aliphatic carbocycles. The topological polar surface area (TPSA) is 241 Å². The molecule has 0 unspecified atom stereocenters. The smallest absolute Gasteiger partial charge is 0.326 e. The second kappa shape index (κ2) is 23.2. The largest absolute Gasteiger partial charge is 0.492 e. The maximum atomic E-state index is 14.7. The number of benzene rings is 4. The molecular weight excluding hydrogens is 803 g/mol. The van der Waals surface area contributed by atoms with Crippen LogP contribution in [-0.2, 0) is 32.0 Å². The van der Waals surface area contributed by atoms with Crippen LogP contribution in [-0.4, -0.2) is 97.6 Å². The maximum Gasteiger partial charge on any atom is 0.326 e. The number of amides is 4. The predicted molar refractivity (Wildman–Crippen MR) is 242 cm³/mol. The van der Waals surface area contributed by atoms with E-state index in [1.54, 1.807) is 48.5 Å². The van der Waals surface area contributed by atoms with Crippen molar-refractivity contribution < 1.29 is 38.6 Å². The Morgan fingerprint density at radius 1 is 0.794 bits per heavy atom. The van der Waals surface area contributed by atoms with Crippen LogP contribution in [0, 0.1) is 0 Å². The molecule has 0 spiro atoms. The molecule has 10 N–H and O–H groups in total. The van der Waals surface area contributed by atoms with Crippen LogP contribution in [0.15, 0.2) is 84.9 Å². The lowest BCUT2D eigenvalue weighted by Gasteiger charge is -2.32. The zero-order valence-electron chi connectivity index (χ0n) is 36.4. The first kappa shape index (κ1) is 47.8. The number of carboxylic acids is 1. The van der Waals surface area contributed by atoms with Gasteiger partial charge in [-0.3, -0.25) is 19.2 Å². The van der Waals surface area contributed by atoms with Gasteiger partial charge in [0.25, 0.3) is 5.91 Å². The summed E-state index contributed by atoms with van der Waals surface area (Å²) in [6.45, 7) is 4.69. The average Bonchev–Trinajstić information content (AvgIpc) is 3.28. The molecule has 15 nitrogen and oxygen atoms in total. The number of hydrogen-bond donors (Lipinski definition) is 7. The van der Waals surface area contributed by atoms with Crippen molar-refractivity contribution in [3.8, 4) is 33.8 Å². The van der Waals surface area contributed by atoms with Crippen molar-refractivity contribution in [1.82, 2.24) is 20.9 Å². The highest BCUT2D eigenvalue weighted by molar-refractivity contribution is 5.99. The highest BCUT2D eigenvalue weighted by Crippen LogP contribution is 2.40. The number of fused-ring (bicyclic) bond motifs is 5. The summed E-state index contributed by atoms with van der Waals surface area (Å²) in [5.41, 5.74) is 22.9. The van der Waals surface area contributed by atoms with Crippen molar-refractivity contribution in [2.24, 2.45) is 17.2 Å². The molecule has 336 valence electrons. The third-order valence-corrected chi connectivity index (χ3v) is 11.0. The molecule has 0 fully saturated rings. The SMILES string of the molecule is CCCCc1ccc(-c2ccc(C(=O)N[C@@H](CCCCN)C(=O)N(C)[C@@H]3C(=O)N[C@@H](C)C(=O)N[C@H](C(=O)O)Cc4ccc(OCCN)c(c4)-c4cc3ccc4OCCN)cc2)cc1. The monoisotopic (exact) mass is 863 g/mol. The van der Waals surface area contributed by atoms with Crippen molar-refractivity contribution in [2.75, 3.05) is 39.9 Å². The molecule has 1 aliphatic rings. The second-order valence-electron chi connectivity index (χ2n) is 15.7. The molecule has 0 radical (unpaired) electrons. The summed E-state index contributed by atoms with van der Waals surface area (Å²) in [6.07, 6.45) is 4.50. The van der Waals surface area contributed by atoms with E-state index in [9.17, 15) is 29.1 Å². The Hall–Kier alpha value is -6.29. The van der Waals surface area contributed by atoms with Crippen molar-refractivity contribution in [3.05, 3.63) is 107 Å². The highest BCUT2D eigenvalue weighted by Gasteiger charge is 2.36. The van der Waals surface area contributed by atoms with Crippen LogP contribution in [0.5, 0.6) is 11.5 Å². The molecule has 15 heteroatoms. The highest BCUT2D eigenvalue weighted by atomic mass is 16.5. The Balaban J connectivity index is 1.53. The minimum Gasteiger partial charge on any atom is -0.492 e. The Morgan fingerprint density at radius 3 is 2.02 bits per heavy atom. The van der Waals surface area contributed by atoms with Crippen LogP contribution in [0.2, 0.25) is 0 Å². The number of nitrogens with two attached hydrogens (primary N) is 3. The molecule has 63 heavy (non-hydrogen) atoms. The molecule has 1 heterocycles. The van der Waals surface area contributed by atoms with Crippen molar-refractivity contribution in [3.63, 3.8) is 0 Å². The van der Waals surface area contributed by atoms with Gasteiger partial charge in [0.05, 0.1) is 0 Å². The summed E-state index contributed by atoms with van der Waals surface area (Å²) in [5, 5.41) is 18.3. The van der Waals surface area contributed by atoms with Crippen LogP contribution < -0.4 is 42.6 Å². The molecule has 4 aromatic carbocycles. The Labute approximate surface area is 369 Å². The van der Waals surface area contributed by atoms with Gasteiger partial charge in [-0.05, 0) is 110 Å². The molecule has 5 rings (SSSR count). The minimum atomic E-state index is -1.36. The van der Waals surface area contributed by atoms with Crippen LogP contribution in [0.25, 0.3) is 22.3 Å². The number of carboxylic acid groups (broad SMARTS) is 1. The molecule has 0 saturated heterocycles. The van der Waals surface area contributed by atoms with Gasteiger partial charge in [0.2, 0.25) is 17.7 Å². The minimum absolute atomic E-state index is 0.0845. The number of hydrogen-bond acceptors (Lipinski definition) is 10. The Kier molecular flexibility index (Phi) is 17.6. The van der Waals surface area contributed by atoms with Gasteiger partial charge in [-0.2, -0.15) is 0 Å². The summed E-state index contributed by atoms with van der Waals surface area (Å²) in [6, 6.07) is 20.7. The summed E-state index contributed by atoms with van der Waals surface area (Å²) < 4.78 is 12.1. The van der Waals surface area contributed by atoms with Gasteiger partial charge >= 0.3 is 5.97 Å². The number of rotatable bonds is 19. The number of nitrogens with one attached hydrogen (secondary N) is 3. The van der Waals surface area contributed by atoms with Gasteiger partial charge in [0, 0.05) is 43.2 Å². The van der Waals surface area contributed by atoms with E-state index in [0.29, 0.717) is 58.7 Å². The fraction of sp³-hybridized carbons (Fsp3) is 0.396. The standard InChI is InChI=1S/C48H61N7O8/c1-4-5-8-31-10-13-33(14-11-31)34-15-17-35(18-16-34)45(57)53-39(9-6-7-22-49)47(59)55(3)43-36-19-21-42(63-26-24-51)38(29-36)37-27-32(12-20-41(37)62-25-23-50)28-40(48(60)61)54-44(56)30(2)52-46(43)58/h10-21,27,29-30,39-40,43H,4-9,22-26,28,49-51H2,1-3H3,(H,52,58)(H,53,57)(H,54,56)(H,60,61)/t30-,39-,40-,43-/m0/s1. The number of likely N-dealkylation sites (N-methyl/N-ethyl adjacent to an activating group) is 1. The number of carbonyl (C=O) groups excluding carboxylic acids is 4. The first-order valence-electron chi connectivity index (χ1n) is 21.6. The molecule has 0 saturated carbocycles. The van der Waals surface area contributed by atoms with Crippen molar-refractivity contribution >= 4 is 29.6 Å². The molecule has 0 aromatic heterocycles. The lowest BCUT2D eigenvalue weighted by atomic mass is 9.93. The van der Waals surface area contributed by atoms with Gasteiger partial charge in [-0.1, -0.05) is 61.9 Å². The average molecular weight is 864 g/mol. The van der Waals surface area contributed by atoms with E-state index in [0.717, 1.165) is 30.4 Å². The van der Waals surface area contributed by atoms with E-state index >= 15 is 0 Å². The number of ether oxygens (including phenoxy) is 2. The van der Waals surface area contributed by atoms with Gasteiger partial charge in [0.1, 0.15) is 48.9 Å². The zero-order chi connectivity index (χ0) is 45.5. The summed E-state index contributed by atoms with van der Waals surface area (Å²) in [7, 11) is 1.46. The first-order chi connectivity index (χ1) is 30.4. The first-order valence-corrected chi connectivity index (χ1v) is 21.6. The van der Waals surface area contributed by atoms with Crippen molar-refractivity contribution in [2.45, 2.75) is 83.0 Å². The van der Waals surface area contributed by atoms with E-state index in [-0.39, 0.29) is 39.1 Å². The maximum absolute atomic E-state index is 14.7. The van der Waals surface area contributed by atoms with E-state index < -0.39 is 53.8 Å². The van der Waals surface area contributed by atoms with Crippen molar-refractivity contribution in [1.29, 1.82) is 0 Å². The number of unbranched alkanes of at least 4 members (excludes halogenated alkanes) is 2. The molecular formula is C48H61N7O8. The van der Waals surface area contributed by atoms with E-state index in [2.05, 4.69) is 47.1 Å². The van der Waals surface area contributed by atoms with E-state index in [4.69, 9.17) is 26.7 Å². The summed E-state index contributed by atoms with van der Waals surface area (Å²) >= 11 is 0. The molecule has 1 aliphatic heterocycles. The van der Waals surface area contributed by atoms with Crippen LogP contribution in [0.1, 0.15) is 79.0 Å².